The summed E-state index contributed by atoms with van der Waals surface area (Å²) in [5.74, 6) is -0.373. The average molecular weight is 525 g/mol. The zero-order valence-corrected chi connectivity index (χ0v) is 21.5. The minimum atomic E-state index is -0.593. The Hall–Kier alpha value is -5.19. The van der Waals surface area contributed by atoms with E-state index in [2.05, 4.69) is 30.7 Å². The molecule has 2 N–H and O–H groups in total. The molecule has 39 heavy (non-hydrogen) atoms. The van der Waals surface area contributed by atoms with Crippen LogP contribution < -0.4 is 15.4 Å². The molecule has 0 atom stereocenters. The molecule has 5 rings (SSSR count). The fourth-order valence-electron chi connectivity index (χ4n) is 3.81. The van der Waals surface area contributed by atoms with E-state index in [1.165, 1.54) is 12.1 Å². The van der Waals surface area contributed by atoms with E-state index in [1.54, 1.807) is 61.5 Å². The molecule has 0 radical (unpaired) electrons. The maximum absolute atomic E-state index is 15.2. The first-order valence-electron chi connectivity index (χ1n) is 12.2. The van der Waals surface area contributed by atoms with Gasteiger partial charge in [-0.25, -0.2) is 24.3 Å². The number of amides is 1. The first kappa shape index (κ1) is 25.5. The predicted molar refractivity (Wildman–Crippen MR) is 145 cm³/mol. The monoisotopic (exact) mass is 524 g/mol. The molecular weight excluding hydrogens is 499 g/mol. The molecule has 1 amide bonds. The molecule has 0 aliphatic rings. The second-order valence-electron chi connectivity index (χ2n) is 8.69. The van der Waals surface area contributed by atoms with E-state index >= 15 is 4.39 Å². The Morgan fingerprint density at radius 3 is 2.64 bits per heavy atom. The summed E-state index contributed by atoms with van der Waals surface area (Å²) >= 11 is 0. The molecule has 11 heteroatoms. The van der Waals surface area contributed by atoms with Gasteiger partial charge in [0.15, 0.2) is 11.6 Å². The van der Waals surface area contributed by atoms with E-state index in [1.807, 2.05) is 25.2 Å². The third kappa shape index (κ3) is 6.04. The van der Waals surface area contributed by atoms with Crippen LogP contribution in [0.2, 0.25) is 0 Å². The lowest BCUT2D eigenvalue weighted by Crippen LogP contribution is -2.09. The van der Waals surface area contributed by atoms with E-state index in [0.717, 1.165) is 0 Å². The lowest BCUT2D eigenvalue weighted by molar-refractivity contribution is -0.115. The van der Waals surface area contributed by atoms with Gasteiger partial charge in [0.05, 0.1) is 17.6 Å². The van der Waals surface area contributed by atoms with Gasteiger partial charge in [-0.05, 0) is 42.8 Å². The van der Waals surface area contributed by atoms with Crippen LogP contribution in [0, 0.1) is 12.7 Å². The van der Waals surface area contributed by atoms with Crippen molar-refractivity contribution in [3.63, 3.8) is 0 Å². The SMILES string of the molecule is CCC(=O)Nc1cccc(-c2nc(Nc3cnn(C)c3)ncc2-c2ccc(Oc3nccc(C)n3)c(F)c2)c1. The summed E-state index contributed by atoms with van der Waals surface area (Å²) < 4.78 is 22.4. The molecule has 0 saturated heterocycles. The molecule has 3 aromatic heterocycles. The first-order valence-corrected chi connectivity index (χ1v) is 12.2. The zero-order chi connectivity index (χ0) is 27.4. The van der Waals surface area contributed by atoms with Crippen LogP contribution in [0.15, 0.2) is 73.3 Å². The van der Waals surface area contributed by atoms with Gasteiger partial charge in [0.2, 0.25) is 11.9 Å². The molecule has 0 spiro atoms. The second-order valence-corrected chi connectivity index (χ2v) is 8.69. The normalized spacial score (nSPS) is 10.8. The van der Waals surface area contributed by atoms with Crippen LogP contribution in [-0.2, 0) is 11.8 Å². The molecular formula is C28H25FN8O2. The maximum atomic E-state index is 15.2. The van der Waals surface area contributed by atoms with Gasteiger partial charge in [-0.3, -0.25) is 9.48 Å². The molecule has 196 valence electrons. The molecule has 5 aromatic rings. The van der Waals surface area contributed by atoms with E-state index in [0.29, 0.717) is 51.8 Å². The number of carbonyl (C=O) groups is 1. The molecule has 0 aliphatic heterocycles. The van der Waals surface area contributed by atoms with E-state index in [9.17, 15) is 4.79 Å². The third-order valence-electron chi connectivity index (χ3n) is 5.71. The summed E-state index contributed by atoms with van der Waals surface area (Å²) in [5, 5.41) is 10.2. The number of benzene rings is 2. The molecule has 10 nitrogen and oxygen atoms in total. The molecule has 0 fully saturated rings. The molecule has 0 bridgehead atoms. The standard InChI is InChI=1S/C28H25FN8O2/c1-4-25(38)34-20-7-5-6-19(12-20)26-22(15-31-27(36-26)35-21-14-32-37(3)16-21)18-8-9-24(23(29)13-18)39-28-30-11-10-17(2)33-28/h5-16H,4H2,1-3H3,(H,34,38)(H,31,35,36). The maximum Gasteiger partial charge on any atom is 0.322 e. The van der Waals surface area contributed by atoms with Crippen molar-refractivity contribution in [1.29, 1.82) is 0 Å². The third-order valence-corrected chi connectivity index (χ3v) is 5.71. The van der Waals surface area contributed by atoms with E-state index < -0.39 is 5.82 Å². The number of rotatable bonds is 8. The number of nitrogens with one attached hydrogen (secondary N) is 2. The summed E-state index contributed by atoms with van der Waals surface area (Å²) in [4.78, 5) is 29.4. The minimum absolute atomic E-state index is 0.00837. The fourth-order valence-corrected chi connectivity index (χ4v) is 3.81. The summed E-state index contributed by atoms with van der Waals surface area (Å²) in [7, 11) is 1.81. The number of aromatic nitrogens is 6. The number of aryl methyl sites for hydroxylation is 2. The number of nitrogens with zero attached hydrogens (tertiary/aromatic N) is 6. The van der Waals surface area contributed by atoms with E-state index in [4.69, 9.17) is 9.72 Å². The van der Waals surface area contributed by atoms with Crippen molar-refractivity contribution >= 4 is 23.2 Å². The van der Waals surface area contributed by atoms with E-state index in [-0.39, 0.29) is 17.7 Å². The Morgan fingerprint density at radius 1 is 1.03 bits per heavy atom. The summed E-state index contributed by atoms with van der Waals surface area (Å²) in [6.45, 7) is 3.58. The van der Waals surface area contributed by atoms with Crippen LogP contribution in [0.25, 0.3) is 22.4 Å². The van der Waals surface area contributed by atoms with Crippen LogP contribution in [0.4, 0.5) is 21.7 Å². The van der Waals surface area contributed by atoms with Gasteiger partial charge in [-0.15, -0.1) is 0 Å². The van der Waals surface area contributed by atoms with Gasteiger partial charge < -0.3 is 15.4 Å². The highest BCUT2D eigenvalue weighted by atomic mass is 19.1. The molecule has 0 unspecified atom stereocenters. The predicted octanol–water partition coefficient (Wildman–Crippen LogP) is 5.67. The van der Waals surface area contributed by atoms with Crippen molar-refractivity contribution in [3.05, 3.63) is 84.8 Å². The first-order chi connectivity index (χ1) is 18.9. The topological polar surface area (TPSA) is 120 Å². The Kier molecular flexibility index (Phi) is 7.21. The average Bonchev–Trinajstić information content (AvgIpc) is 3.34. The molecule has 0 aliphatic carbocycles. The number of ether oxygens (including phenoxy) is 1. The highest BCUT2D eigenvalue weighted by Crippen LogP contribution is 2.35. The van der Waals surface area contributed by atoms with Crippen molar-refractivity contribution in [2.24, 2.45) is 7.05 Å². The van der Waals surface area contributed by atoms with Crippen LogP contribution in [0.5, 0.6) is 11.8 Å². The van der Waals surface area contributed by atoms with Crippen molar-refractivity contribution in [2.45, 2.75) is 20.3 Å². The quantitative estimate of drug-likeness (QED) is 0.267. The Morgan fingerprint density at radius 2 is 1.90 bits per heavy atom. The summed E-state index contributed by atoms with van der Waals surface area (Å²) in [5.41, 5.74) is 4.42. The lowest BCUT2D eigenvalue weighted by Gasteiger charge is -2.13. The Balaban J connectivity index is 1.54. The lowest BCUT2D eigenvalue weighted by atomic mass is 10.00. The molecule has 0 saturated carbocycles. The smallest absolute Gasteiger partial charge is 0.322 e. The Labute approximate surface area is 224 Å². The van der Waals surface area contributed by atoms with Gasteiger partial charge in [0, 0.05) is 54.6 Å². The summed E-state index contributed by atoms with van der Waals surface area (Å²) in [6, 6.07) is 13.7. The highest BCUT2D eigenvalue weighted by Gasteiger charge is 2.16. The minimum Gasteiger partial charge on any atom is -0.421 e. The van der Waals surface area contributed by atoms with Crippen LogP contribution in [0.3, 0.4) is 0 Å². The molecule has 3 heterocycles. The van der Waals surface area contributed by atoms with Crippen molar-refractivity contribution in [2.75, 3.05) is 10.6 Å². The fraction of sp³-hybridized carbons (Fsp3) is 0.143. The van der Waals surface area contributed by atoms with Crippen LogP contribution in [0.1, 0.15) is 19.0 Å². The van der Waals surface area contributed by atoms with Crippen molar-refractivity contribution in [3.8, 4) is 34.1 Å². The van der Waals surface area contributed by atoms with Gasteiger partial charge >= 0.3 is 6.01 Å². The van der Waals surface area contributed by atoms with Gasteiger partial charge in [-0.1, -0.05) is 25.1 Å². The number of halogens is 1. The number of hydrogen-bond donors (Lipinski definition) is 2. The van der Waals surface area contributed by atoms with Crippen LogP contribution >= 0.6 is 0 Å². The van der Waals surface area contributed by atoms with Gasteiger partial charge in [-0.2, -0.15) is 5.10 Å². The van der Waals surface area contributed by atoms with Crippen molar-refractivity contribution < 1.29 is 13.9 Å². The number of carbonyl (C=O) groups excluding carboxylic acids is 1. The second kappa shape index (κ2) is 11.1. The Bertz CT molecular complexity index is 1650. The zero-order valence-electron chi connectivity index (χ0n) is 21.5. The molecule has 2 aromatic carbocycles. The largest absolute Gasteiger partial charge is 0.421 e. The van der Waals surface area contributed by atoms with Gasteiger partial charge in [0.25, 0.3) is 0 Å². The van der Waals surface area contributed by atoms with Crippen molar-refractivity contribution in [1.82, 2.24) is 29.7 Å². The van der Waals surface area contributed by atoms with Crippen LogP contribution in [-0.4, -0.2) is 35.6 Å². The highest BCUT2D eigenvalue weighted by molar-refractivity contribution is 5.92. The number of anilines is 3. The number of hydrogen-bond acceptors (Lipinski definition) is 8. The van der Waals surface area contributed by atoms with Gasteiger partial charge in [0.1, 0.15) is 0 Å². The summed E-state index contributed by atoms with van der Waals surface area (Å²) in [6.07, 6.45) is 6.97.